The van der Waals surface area contributed by atoms with E-state index in [2.05, 4.69) is 0 Å². The summed E-state index contributed by atoms with van der Waals surface area (Å²) in [6.07, 6.45) is 3.90. The molecule has 0 saturated carbocycles. The Labute approximate surface area is 118 Å². The smallest absolute Gasteiger partial charge is 0.374 e. The number of benzene rings is 1. The van der Waals surface area contributed by atoms with Gasteiger partial charge in [-0.25, -0.2) is 4.79 Å². The average Bonchev–Trinajstić information content (AvgIpc) is 2.92. The fourth-order valence-electron chi connectivity index (χ4n) is 2.74. The van der Waals surface area contributed by atoms with Crippen molar-refractivity contribution in [2.45, 2.75) is 19.3 Å². The molecule has 106 valence electrons. The second kappa shape index (κ2) is 6.09. The van der Waals surface area contributed by atoms with Gasteiger partial charge in [0.15, 0.2) is 0 Å². The molecule has 0 atom stereocenters. The van der Waals surface area contributed by atoms with Gasteiger partial charge in [-0.15, -0.1) is 0 Å². The summed E-state index contributed by atoms with van der Waals surface area (Å²) < 4.78 is 10.8. The number of quaternary nitrogens is 1. The van der Waals surface area contributed by atoms with E-state index in [1.807, 2.05) is 24.3 Å². The molecule has 0 bridgehead atoms. The lowest BCUT2D eigenvalue weighted by Gasteiger charge is -2.22. The normalized spacial score (nSPS) is 16.4. The summed E-state index contributed by atoms with van der Waals surface area (Å²) >= 11 is 0. The molecule has 20 heavy (non-hydrogen) atoms. The molecule has 0 amide bonds. The summed E-state index contributed by atoms with van der Waals surface area (Å²) in [5, 5.41) is 0.932. The lowest BCUT2D eigenvalue weighted by Crippen LogP contribution is -3.13. The third-order valence-corrected chi connectivity index (χ3v) is 3.88. The zero-order valence-electron chi connectivity index (χ0n) is 11.6. The Morgan fingerprint density at radius 2 is 2.00 bits per heavy atom. The predicted molar refractivity (Wildman–Crippen MR) is 75.9 cm³/mol. The SMILES string of the molecule is O=C(OCC[NH+]1CCCCC1)c1cc2ccccc2o1. The highest BCUT2D eigenvalue weighted by Gasteiger charge is 2.16. The molecule has 1 N–H and O–H groups in total. The molecule has 1 aliphatic rings. The molecule has 2 aromatic rings. The Balaban J connectivity index is 1.53. The van der Waals surface area contributed by atoms with Crippen LogP contribution < -0.4 is 4.90 Å². The van der Waals surface area contributed by atoms with Crippen molar-refractivity contribution in [1.82, 2.24) is 0 Å². The largest absolute Gasteiger partial charge is 0.454 e. The van der Waals surface area contributed by atoms with Crippen molar-refractivity contribution >= 4 is 16.9 Å². The van der Waals surface area contributed by atoms with Crippen LogP contribution in [0.5, 0.6) is 0 Å². The third kappa shape index (κ3) is 3.02. The first kappa shape index (κ1) is 13.2. The minimum atomic E-state index is -0.363. The van der Waals surface area contributed by atoms with Crippen molar-refractivity contribution in [2.24, 2.45) is 0 Å². The number of para-hydroxylation sites is 1. The van der Waals surface area contributed by atoms with Crippen molar-refractivity contribution < 1.29 is 18.8 Å². The fourth-order valence-corrected chi connectivity index (χ4v) is 2.74. The number of nitrogens with one attached hydrogen (secondary N) is 1. The van der Waals surface area contributed by atoms with Crippen molar-refractivity contribution in [1.29, 1.82) is 0 Å². The molecule has 4 nitrogen and oxygen atoms in total. The van der Waals surface area contributed by atoms with E-state index in [1.165, 1.54) is 37.3 Å². The van der Waals surface area contributed by atoms with Gasteiger partial charge < -0.3 is 14.1 Å². The molecule has 0 spiro atoms. The van der Waals surface area contributed by atoms with Gasteiger partial charge in [0.05, 0.1) is 13.1 Å². The first-order valence-electron chi connectivity index (χ1n) is 7.32. The number of ether oxygens (including phenoxy) is 1. The standard InChI is InChI=1S/C16H19NO3/c18-16(19-11-10-17-8-4-1-5-9-17)15-12-13-6-2-3-7-14(13)20-15/h2-3,6-7,12H,1,4-5,8-11H2/p+1. The first-order valence-corrected chi connectivity index (χ1v) is 7.32. The van der Waals surface area contributed by atoms with Crippen LogP contribution in [-0.4, -0.2) is 32.2 Å². The average molecular weight is 274 g/mol. The molecule has 0 unspecified atom stereocenters. The molecule has 0 aliphatic carbocycles. The van der Waals surface area contributed by atoms with Gasteiger partial charge in [0.2, 0.25) is 5.76 Å². The number of likely N-dealkylation sites (tertiary alicyclic amines) is 1. The lowest BCUT2D eigenvalue weighted by molar-refractivity contribution is -0.905. The quantitative estimate of drug-likeness (QED) is 0.862. The second-order valence-corrected chi connectivity index (χ2v) is 5.35. The van der Waals surface area contributed by atoms with E-state index in [-0.39, 0.29) is 5.97 Å². The summed E-state index contributed by atoms with van der Waals surface area (Å²) in [6, 6.07) is 9.33. The monoisotopic (exact) mass is 274 g/mol. The number of fused-ring (bicyclic) bond motifs is 1. The van der Waals surface area contributed by atoms with Gasteiger partial charge in [0, 0.05) is 5.39 Å². The number of esters is 1. The van der Waals surface area contributed by atoms with Gasteiger partial charge >= 0.3 is 5.97 Å². The van der Waals surface area contributed by atoms with Crippen LogP contribution in [0.2, 0.25) is 0 Å². The van der Waals surface area contributed by atoms with Gasteiger partial charge in [-0.3, -0.25) is 0 Å². The lowest BCUT2D eigenvalue weighted by atomic mass is 10.1. The van der Waals surface area contributed by atoms with Gasteiger partial charge in [-0.2, -0.15) is 0 Å². The number of piperidine rings is 1. The minimum absolute atomic E-state index is 0.292. The van der Waals surface area contributed by atoms with Crippen LogP contribution in [0.4, 0.5) is 0 Å². The van der Waals surface area contributed by atoms with E-state index >= 15 is 0 Å². The maximum absolute atomic E-state index is 11.9. The van der Waals surface area contributed by atoms with Crippen LogP contribution in [0.3, 0.4) is 0 Å². The highest BCUT2D eigenvalue weighted by molar-refractivity contribution is 5.92. The van der Waals surface area contributed by atoms with Crippen LogP contribution in [0.15, 0.2) is 34.7 Å². The molecule has 2 heterocycles. The van der Waals surface area contributed by atoms with Crippen molar-refractivity contribution in [3.8, 4) is 0 Å². The van der Waals surface area contributed by atoms with Crippen molar-refractivity contribution in [3.05, 3.63) is 36.1 Å². The minimum Gasteiger partial charge on any atom is -0.454 e. The molecule has 1 aromatic heterocycles. The Bertz CT molecular complexity index is 551. The van der Waals surface area contributed by atoms with Gasteiger partial charge in [-0.1, -0.05) is 18.2 Å². The number of hydrogen-bond donors (Lipinski definition) is 1. The van der Waals surface area contributed by atoms with Crippen LogP contribution in [0, 0.1) is 0 Å². The first-order chi connectivity index (χ1) is 9.83. The summed E-state index contributed by atoms with van der Waals surface area (Å²) in [4.78, 5) is 13.5. The van der Waals surface area contributed by atoms with Crippen molar-refractivity contribution in [3.63, 3.8) is 0 Å². The Kier molecular flexibility index (Phi) is 4.02. The van der Waals surface area contributed by atoms with E-state index in [0.29, 0.717) is 12.4 Å². The predicted octanol–water partition coefficient (Wildman–Crippen LogP) is 1.66. The Hall–Kier alpha value is -1.81. The van der Waals surface area contributed by atoms with Gasteiger partial charge in [-0.05, 0) is 31.4 Å². The molecule has 0 radical (unpaired) electrons. The number of carbonyl (C=O) groups is 1. The molecule has 4 heteroatoms. The van der Waals surface area contributed by atoms with Crippen LogP contribution in [0.1, 0.15) is 29.8 Å². The van der Waals surface area contributed by atoms with E-state index in [0.717, 1.165) is 17.5 Å². The maximum atomic E-state index is 11.9. The Morgan fingerprint density at radius 1 is 1.20 bits per heavy atom. The highest BCUT2D eigenvalue weighted by atomic mass is 16.5. The Morgan fingerprint density at radius 3 is 2.80 bits per heavy atom. The van der Waals surface area contributed by atoms with Crippen LogP contribution >= 0.6 is 0 Å². The molecule has 1 aromatic carbocycles. The number of hydrogen-bond acceptors (Lipinski definition) is 3. The van der Waals surface area contributed by atoms with Crippen LogP contribution in [-0.2, 0) is 4.74 Å². The third-order valence-electron chi connectivity index (χ3n) is 3.88. The maximum Gasteiger partial charge on any atom is 0.374 e. The number of rotatable bonds is 4. The molecular formula is C16H20NO3+. The van der Waals surface area contributed by atoms with Crippen molar-refractivity contribution in [2.75, 3.05) is 26.2 Å². The number of furan rings is 1. The van der Waals surface area contributed by atoms with Crippen LogP contribution in [0.25, 0.3) is 11.0 Å². The summed E-state index contributed by atoms with van der Waals surface area (Å²) in [7, 11) is 0. The summed E-state index contributed by atoms with van der Waals surface area (Å²) in [5.41, 5.74) is 0.723. The summed E-state index contributed by atoms with van der Waals surface area (Å²) in [5.74, 6) is -0.0718. The van der Waals surface area contributed by atoms with E-state index < -0.39 is 0 Å². The molecular weight excluding hydrogens is 254 g/mol. The zero-order valence-corrected chi connectivity index (χ0v) is 11.6. The summed E-state index contributed by atoms with van der Waals surface area (Å²) in [6.45, 7) is 3.75. The zero-order chi connectivity index (χ0) is 13.8. The topological polar surface area (TPSA) is 43.9 Å². The molecule has 1 saturated heterocycles. The molecule has 1 fully saturated rings. The van der Waals surface area contributed by atoms with Gasteiger partial charge in [0.25, 0.3) is 0 Å². The van der Waals surface area contributed by atoms with E-state index in [1.54, 1.807) is 6.07 Å². The number of carbonyl (C=O) groups excluding carboxylic acids is 1. The molecule has 3 rings (SSSR count). The fraction of sp³-hybridized carbons (Fsp3) is 0.438. The van der Waals surface area contributed by atoms with E-state index in [4.69, 9.17) is 9.15 Å². The second-order valence-electron chi connectivity index (χ2n) is 5.35. The van der Waals surface area contributed by atoms with E-state index in [9.17, 15) is 4.79 Å². The highest BCUT2D eigenvalue weighted by Crippen LogP contribution is 2.19. The van der Waals surface area contributed by atoms with Gasteiger partial charge in [0.1, 0.15) is 18.7 Å². The molecule has 1 aliphatic heterocycles.